The molecule has 256 valence electrons. The summed E-state index contributed by atoms with van der Waals surface area (Å²) in [6, 6.07) is 15.1. The van der Waals surface area contributed by atoms with Gasteiger partial charge in [0, 0.05) is 43.0 Å². The van der Waals surface area contributed by atoms with Crippen LogP contribution in [-0.4, -0.2) is 84.1 Å². The van der Waals surface area contributed by atoms with E-state index in [1.807, 2.05) is 18.0 Å². The number of hydrogen-bond acceptors (Lipinski definition) is 8. The number of hydrogen-bond donors (Lipinski definition) is 1. The molecule has 3 amide bonds. The molecule has 0 aliphatic carbocycles. The highest BCUT2D eigenvalue weighted by Crippen LogP contribution is 2.38. The van der Waals surface area contributed by atoms with Gasteiger partial charge in [0.15, 0.2) is 5.82 Å². The van der Waals surface area contributed by atoms with Crippen molar-refractivity contribution in [2.75, 3.05) is 43.4 Å². The summed E-state index contributed by atoms with van der Waals surface area (Å²) in [7, 11) is 1.89. The smallest absolute Gasteiger partial charge is 0.338 e. The number of rotatable bonds is 6. The zero-order valence-corrected chi connectivity index (χ0v) is 28.4. The van der Waals surface area contributed by atoms with Crippen LogP contribution < -0.4 is 10.2 Å². The monoisotopic (exact) mass is 689 g/mol. The molecule has 0 radical (unpaired) electrons. The Labute approximate surface area is 288 Å². The van der Waals surface area contributed by atoms with E-state index in [-0.39, 0.29) is 41.7 Å². The fourth-order valence-electron chi connectivity index (χ4n) is 6.29. The summed E-state index contributed by atoms with van der Waals surface area (Å²) in [5.74, 6) is -2.20. The van der Waals surface area contributed by atoms with Gasteiger partial charge < -0.3 is 24.7 Å². The second-order valence-electron chi connectivity index (χ2n) is 13.3. The molecule has 11 nitrogen and oxygen atoms in total. The second-order valence-corrected chi connectivity index (χ2v) is 13.7. The number of nitrogens with zero attached hydrogens (tertiary/aromatic N) is 4. The van der Waals surface area contributed by atoms with Crippen molar-refractivity contribution >= 4 is 52.4 Å². The number of benzene rings is 3. The lowest BCUT2D eigenvalue weighted by Gasteiger charge is -2.40. The van der Waals surface area contributed by atoms with Crippen LogP contribution in [0, 0.1) is 5.82 Å². The van der Waals surface area contributed by atoms with Crippen molar-refractivity contribution in [1.29, 1.82) is 0 Å². The van der Waals surface area contributed by atoms with E-state index in [9.17, 15) is 23.6 Å². The summed E-state index contributed by atoms with van der Waals surface area (Å²) in [4.78, 5) is 64.6. The molecule has 3 heterocycles. The van der Waals surface area contributed by atoms with Crippen molar-refractivity contribution in [3.63, 3.8) is 0 Å². The summed E-state index contributed by atoms with van der Waals surface area (Å²) in [5, 5.41) is 6.83. The van der Waals surface area contributed by atoms with Crippen molar-refractivity contribution < 1.29 is 33.1 Å². The standard InChI is InChI=1S/C36H37ClFN5O6/c1-36(2,3)48-35(47)21-11-13-22(14-12-21)39-33(45)32-24-7-6-10-28(42-18-17-41(4)20-30(42)44)23(24)15-16-43(32)34(46)29-19-27(40-49-29)25-8-5-9-26(37)31(25)38/h5-14,29,32H,15-20H2,1-4H3,(H,39,45). The van der Waals surface area contributed by atoms with Crippen molar-refractivity contribution in [1.82, 2.24) is 9.80 Å². The van der Waals surface area contributed by atoms with E-state index >= 15 is 0 Å². The van der Waals surface area contributed by atoms with Gasteiger partial charge in [0.05, 0.1) is 22.8 Å². The SMILES string of the molecule is CN1CCN(c2cccc3c2CCN(C(=O)C2CC(c4cccc(Cl)c4F)=NO2)C3C(=O)Nc2ccc(C(=O)OC(C)(C)C)cc2)C(=O)C1. The van der Waals surface area contributed by atoms with Gasteiger partial charge in [-0.15, -0.1) is 0 Å². The molecule has 2 unspecified atom stereocenters. The molecule has 3 aromatic rings. The van der Waals surface area contributed by atoms with Crippen LogP contribution in [0.25, 0.3) is 0 Å². The van der Waals surface area contributed by atoms with E-state index in [0.29, 0.717) is 42.0 Å². The first-order valence-electron chi connectivity index (χ1n) is 16.0. The van der Waals surface area contributed by atoms with Crippen molar-refractivity contribution in [3.8, 4) is 0 Å². The number of piperazine rings is 1. The molecular weight excluding hydrogens is 653 g/mol. The molecular formula is C36H37ClFN5O6. The number of fused-ring (bicyclic) bond motifs is 1. The van der Waals surface area contributed by atoms with Crippen LogP contribution >= 0.6 is 11.6 Å². The summed E-state index contributed by atoms with van der Waals surface area (Å²) >= 11 is 5.98. The van der Waals surface area contributed by atoms with Crippen LogP contribution in [0.15, 0.2) is 65.8 Å². The molecule has 49 heavy (non-hydrogen) atoms. The first-order chi connectivity index (χ1) is 23.3. The molecule has 0 saturated carbocycles. The Morgan fingerprint density at radius 3 is 2.47 bits per heavy atom. The molecule has 1 saturated heterocycles. The van der Waals surface area contributed by atoms with Crippen LogP contribution in [0.1, 0.15) is 60.3 Å². The normalized spacial score (nSPS) is 19.6. The van der Waals surface area contributed by atoms with E-state index < -0.39 is 41.3 Å². The van der Waals surface area contributed by atoms with Gasteiger partial charge in [-0.1, -0.05) is 35.0 Å². The number of oxime groups is 1. The number of nitrogens with one attached hydrogen (secondary N) is 1. The maximum atomic E-state index is 14.8. The third kappa shape index (κ3) is 7.16. The Balaban J connectivity index is 1.29. The van der Waals surface area contributed by atoms with Crippen LogP contribution in [0.4, 0.5) is 15.8 Å². The topological polar surface area (TPSA) is 121 Å². The maximum absolute atomic E-state index is 14.8. The lowest BCUT2D eigenvalue weighted by atomic mass is 9.89. The fourth-order valence-corrected chi connectivity index (χ4v) is 6.46. The molecule has 1 N–H and O–H groups in total. The Morgan fingerprint density at radius 1 is 1.02 bits per heavy atom. The third-order valence-electron chi connectivity index (χ3n) is 8.62. The zero-order valence-electron chi connectivity index (χ0n) is 27.7. The predicted octanol–water partition coefficient (Wildman–Crippen LogP) is 4.97. The highest BCUT2D eigenvalue weighted by atomic mass is 35.5. The third-order valence-corrected chi connectivity index (χ3v) is 8.92. The Morgan fingerprint density at radius 2 is 1.76 bits per heavy atom. The van der Waals surface area contributed by atoms with Crippen molar-refractivity contribution in [3.05, 3.63) is 93.8 Å². The highest BCUT2D eigenvalue weighted by molar-refractivity contribution is 6.31. The molecule has 6 rings (SSSR count). The summed E-state index contributed by atoms with van der Waals surface area (Å²) < 4.78 is 20.2. The van der Waals surface area contributed by atoms with Gasteiger partial charge in [-0.05, 0) is 87.8 Å². The number of amides is 3. The van der Waals surface area contributed by atoms with Crippen LogP contribution in [0.5, 0.6) is 0 Å². The van der Waals surface area contributed by atoms with Gasteiger partial charge in [-0.3, -0.25) is 19.3 Å². The molecule has 0 spiro atoms. The van der Waals surface area contributed by atoms with Crippen LogP contribution in [0.3, 0.4) is 0 Å². The first-order valence-corrected chi connectivity index (χ1v) is 16.4. The minimum atomic E-state index is -1.10. The maximum Gasteiger partial charge on any atom is 0.338 e. The number of esters is 1. The number of anilines is 2. The zero-order chi connectivity index (χ0) is 35.0. The van der Waals surface area contributed by atoms with E-state index in [1.54, 1.807) is 68.1 Å². The second kappa shape index (κ2) is 13.6. The van der Waals surface area contributed by atoms with E-state index in [0.717, 1.165) is 5.56 Å². The van der Waals surface area contributed by atoms with Crippen LogP contribution in [-0.2, 0) is 30.4 Å². The number of ether oxygens (including phenoxy) is 1. The van der Waals surface area contributed by atoms with Gasteiger partial charge in [0.2, 0.25) is 12.0 Å². The number of likely N-dealkylation sites (N-methyl/N-ethyl adjacent to an activating group) is 1. The highest BCUT2D eigenvalue weighted by Gasteiger charge is 2.43. The van der Waals surface area contributed by atoms with Crippen LogP contribution in [0.2, 0.25) is 5.02 Å². The Bertz CT molecular complexity index is 1840. The number of halogens is 2. The average Bonchev–Trinajstić information content (AvgIpc) is 3.54. The number of carbonyl (C=O) groups is 4. The largest absolute Gasteiger partial charge is 0.456 e. The molecule has 13 heteroatoms. The minimum absolute atomic E-state index is 0.0181. The van der Waals surface area contributed by atoms with E-state index in [2.05, 4.69) is 10.5 Å². The molecule has 0 aromatic heterocycles. The predicted molar refractivity (Wildman–Crippen MR) is 182 cm³/mol. The van der Waals surface area contributed by atoms with Crippen molar-refractivity contribution in [2.24, 2.45) is 5.16 Å². The molecule has 3 aromatic carbocycles. The van der Waals surface area contributed by atoms with Gasteiger partial charge in [0.1, 0.15) is 11.6 Å². The van der Waals surface area contributed by atoms with Gasteiger partial charge in [-0.25, -0.2) is 9.18 Å². The molecule has 3 aliphatic heterocycles. The lowest BCUT2D eigenvalue weighted by molar-refractivity contribution is -0.148. The summed E-state index contributed by atoms with van der Waals surface area (Å²) in [6.45, 7) is 6.94. The van der Waals surface area contributed by atoms with Gasteiger partial charge >= 0.3 is 5.97 Å². The van der Waals surface area contributed by atoms with Gasteiger partial charge in [0.25, 0.3) is 11.8 Å². The minimum Gasteiger partial charge on any atom is -0.456 e. The van der Waals surface area contributed by atoms with Crippen molar-refractivity contribution in [2.45, 2.75) is 51.4 Å². The quantitative estimate of drug-likeness (QED) is 0.363. The van der Waals surface area contributed by atoms with Gasteiger partial charge in [-0.2, -0.15) is 0 Å². The lowest BCUT2D eigenvalue weighted by Crippen LogP contribution is -2.51. The summed E-state index contributed by atoms with van der Waals surface area (Å²) in [6.07, 6.45) is -0.731. The first kappa shape index (κ1) is 34.1. The summed E-state index contributed by atoms with van der Waals surface area (Å²) in [5.41, 5.74) is 2.51. The average molecular weight is 690 g/mol. The molecule has 3 aliphatic rings. The molecule has 2 atom stereocenters. The number of carbonyl (C=O) groups excluding carboxylic acids is 4. The Kier molecular flexibility index (Phi) is 9.45. The molecule has 1 fully saturated rings. The van der Waals surface area contributed by atoms with E-state index in [1.165, 1.54) is 17.0 Å². The fraction of sp³-hybridized carbons (Fsp3) is 0.361. The Hall–Kier alpha value is -4.81. The van der Waals surface area contributed by atoms with E-state index in [4.69, 9.17) is 21.2 Å². The molecule has 0 bridgehead atoms.